The topological polar surface area (TPSA) is 91.1 Å². The number of rotatable bonds is 8. The average Bonchev–Trinajstić information content (AvgIpc) is 2.61. The summed E-state index contributed by atoms with van der Waals surface area (Å²) in [5.41, 5.74) is 5.78. The van der Waals surface area contributed by atoms with Crippen LogP contribution in [-0.2, 0) is 19.5 Å². The minimum absolute atomic E-state index is 0.0570. The van der Waals surface area contributed by atoms with E-state index in [0.717, 1.165) is 0 Å². The molecule has 0 spiro atoms. The van der Waals surface area contributed by atoms with Crippen molar-refractivity contribution in [1.29, 1.82) is 0 Å². The summed E-state index contributed by atoms with van der Waals surface area (Å²) in [4.78, 5) is 0.246. The van der Waals surface area contributed by atoms with E-state index < -0.39 is 10.0 Å². The zero-order chi connectivity index (χ0) is 17.6. The molecule has 1 aliphatic heterocycles. The highest BCUT2D eigenvalue weighted by Crippen LogP contribution is 2.27. The van der Waals surface area contributed by atoms with Crippen LogP contribution in [0, 0.1) is 0 Å². The molecule has 1 fully saturated rings. The highest BCUT2D eigenvalue weighted by Gasteiger charge is 2.36. The minimum Gasteiger partial charge on any atom is -0.491 e. The van der Waals surface area contributed by atoms with E-state index in [2.05, 4.69) is 0 Å². The molecule has 1 aliphatic rings. The Morgan fingerprint density at radius 1 is 1.21 bits per heavy atom. The number of benzene rings is 1. The molecule has 2 atom stereocenters. The van der Waals surface area contributed by atoms with Gasteiger partial charge in [-0.25, -0.2) is 8.42 Å². The van der Waals surface area contributed by atoms with Crippen LogP contribution >= 0.6 is 0 Å². The molecule has 136 valence electrons. The Bertz CT molecular complexity index is 605. The molecule has 7 nitrogen and oxygen atoms in total. The number of methoxy groups -OCH3 is 2. The fourth-order valence-corrected chi connectivity index (χ4v) is 4.48. The third-order valence-corrected chi connectivity index (χ3v) is 6.17. The molecule has 8 heteroatoms. The molecule has 2 N–H and O–H groups in total. The smallest absolute Gasteiger partial charge is 0.243 e. The fourth-order valence-electron chi connectivity index (χ4n) is 2.82. The number of ether oxygens (including phenoxy) is 3. The van der Waals surface area contributed by atoms with Gasteiger partial charge in [-0.3, -0.25) is 0 Å². The normalized spacial score (nSPS) is 22.5. The summed E-state index contributed by atoms with van der Waals surface area (Å²) in [6.45, 7) is 1.58. The number of nitrogens with two attached hydrogens (primary N) is 1. The van der Waals surface area contributed by atoms with Gasteiger partial charge in [0.1, 0.15) is 12.4 Å². The molecule has 0 saturated carbocycles. The van der Waals surface area contributed by atoms with E-state index in [1.54, 1.807) is 38.5 Å². The van der Waals surface area contributed by atoms with Gasteiger partial charge in [-0.2, -0.15) is 4.31 Å². The van der Waals surface area contributed by atoms with Gasteiger partial charge in [-0.15, -0.1) is 0 Å². The van der Waals surface area contributed by atoms with Gasteiger partial charge in [-0.05, 0) is 37.1 Å². The summed E-state index contributed by atoms with van der Waals surface area (Å²) < 4.78 is 43.0. The van der Waals surface area contributed by atoms with Crippen LogP contribution in [0.4, 0.5) is 0 Å². The van der Waals surface area contributed by atoms with Crippen LogP contribution in [0.2, 0.25) is 0 Å². The summed E-state index contributed by atoms with van der Waals surface area (Å²) in [5, 5.41) is 0. The van der Waals surface area contributed by atoms with Crippen molar-refractivity contribution >= 4 is 10.0 Å². The lowest BCUT2D eigenvalue weighted by Gasteiger charge is -2.37. The molecule has 0 bridgehead atoms. The van der Waals surface area contributed by atoms with E-state index in [-0.39, 0.29) is 23.6 Å². The highest BCUT2D eigenvalue weighted by atomic mass is 32.2. The lowest BCUT2D eigenvalue weighted by Crippen LogP contribution is -2.51. The molecular weight excluding hydrogens is 332 g/mol. The van der Waals surface area contributed by atoms with E-state index in [9.17, 15) is 8.42 Å². The lowest BCUT2D eigenvalue weighted by atomic mass is 10.0. The minimum atomic E-state index is -3.58. The molecule has 0 aliphatic carbocycles. The number of piperidine rings is 1. The van der Waals surface area contributed by atoms with Crippen LogP contribution in [0.15, 0.2) is 29.2 Å². The van der Waals surface area contributed by atoms with Gasteiger partial charge < -0.3 is 19.9 Å². The monoisotopic (exact) mass is 358 g/mol. The maximum atomic E-state index is 12.9. The first-order valence-corrected chi connectivity index (χ1v) is 9.43. The molecule has 0 amide bonds. The molecule has 1 saturated heterocycles. The molecule has 2 rings (SSSR count). The molecular formula is C16H26N2O5S. The predicted molar refractivity (Wildman–Crippen MR) is 90.6 cm³/mol. The van der Waals surface area contributed by atoms with Crippen molar-refractivity contribution < 1.29 is 22.6 Å². The van der Waals surface area contributed by atoms with Gasteiger partial charge in [0, 0.05) is 33.4 Å². The van der Waals surface area contributed by atoms with Gasteiger partial charge in [0.2, 0.25) is 10.0 Å². The Morgan fingerprint density at radius 3 is 2.50 bits per heavy atom. The van der Waals surface area contributed by atoms with Crippen LogP contribution in [0.25, 0.3) is 0 Å². The zero-order valence-electron chi connectivity index (χ0n) is 14.2. The second-order valence-electron chi connectivity index (χ2n) is 5.70. The molecule has 0 aromatic heterocycles. The standard InChI is InChI=1S/C16H26N2O5S/c1-21-9-10-23-14-3-5-16(6-4-14)24(19,20)18-8-7-15(22-2)11-13(18)12-17/h3-6,13,15H,7-12,17H2,1-2H3. The SMILES string of the molecule is COCCOc1ccc(S(=O)(=O)N2CCC(OC)CC2CN)cc1. The molecule has 0 radical (unpaired) electrons. The largest absolute Gasteiger partial charge is 0.491 e. The van der Waals surface area contributed by atoms with E-state index in [0.29, 0.717) is 38.3 Å². The lowest BCUT2D eigenvalue weighted by molar-refractivity contribution is 0.0401. The third kappa shape index (κ3) is 4.46. The Hall–Kier alpha value is -1.19. The van der Waals surface area contributed by atoms with Crippen LogP contribution in [0.1, 0.15) is 12.8 Å². The second kappa shape index (κ2) is 8.77. The van der Waals surface area contributed by atoms with Crippen LogP contribution in [-0.4, -0.2) is 65.4 Å². The Labute approximate surface area is 143 Å². The predicted octanol–water partition coefficient (Wildman–Crippen LogP) is 0.839. The van der Waals surface area contributed by atoms with E-state index in [1.807, 2.05) is 0 Å². The molecule has 24 heavy (non-hydrogen) atoms. The summed E-state index contributed by atoms with van der Waals surface area (Å²) in [5.74, 6) is 0.611. The van der Waals surface area contributed by atoms with E-state index in [1.165, 1.54) is 4.31 Å². The van der Waals surface area contributed by atoms with Crippen molar-refractivity contribution in [2.45, 2.75) is 29.9 Å². The van der Waals surface area contributed by atoms with Gasteiger partial charge in [0.15, 0.2) is 0 Å². The van der Waals surface area contributed by atoms with Crippen molar-refractivity contribution in [3.8, 4) is 5.75 Å². The second-order valence-corrected chi connectivity index (χ2v) is 7.59. The van der Waals surface area contributed by atoms with E-state index in [4.69, 9.17) is 19.9 Å². The van der Waals surface area contributed by atoms with Gasteiger partial charge in [0.05, 0.1) is 17.6 Å². The Morgan fingerprint density at radius 2 is 1.92 bits per heavy atom. The van der Waals surface area contributed by atoms with Crippen molar-refractivity contribution in [3.63, 3.8) is 0 Å². The quantitative estimate of drug-likeness (QED) is 0.693. The number of hydrogen-bond acceptors (Lipinski definition) is 6. The summed E-state index contributed by atoms with van der Waals surface area (Å²) in [6.07, 6.45) is 1.34. The maximum Gasteiger partial charge on any atom is 0.243 e. The van der Waals surface area contributed by atoms with Gasteiger partial charge in [-0.1, -0.05) is 0 Å². The van der Waals surface area contributed by atoms with Crippen molar-refractivity contribution in [2.75, 3.05) is 40.5 Å². The Kier molecular flexibility index (Phi) is 7.00. The molecule has 2 unspecified atom stereocenters. The van der Waals surface area contributed by atoms with Crippen LogP contribution in [0.3, 0.4) is 0 Å². The molecule has 1 aromatic rings. The first-order valence-electron chi connectivity index (χ1n) is 7.99. The van der Waals surface area contributed by atoms with Crippen LogP contribution in [0.5, 0.6) is 5.75 Å². The number of nitrogens with zero attached hydrogens (tertiary/aromatic N) is 1. The van der Waals surface area contributed by atoms with Crippen molar-refractivity contribution in [2.24, 2.45) is 5.73 Å². The van der Waals surface area contributed by atoms with Gasteiger partial charge in [0.25, 0.3) is 0 Å². The summed E-state index contributed by atoms with van der Waals surface area (Å²) in [6, 6.07) is 6.19. The number of hydrogen-bond donors (Lipinski definition) is 1. The molecule has 1 aromatic carbocycles. The third-order valence-electron chi connectivity index (χ3n) is 4.21. The highest BCUT2D eigenvalue weighted by molar-refractivity contribution is 7.89. The molecule has 1 heterocycles. The Balaban J connectivity index is 2.11. The van der Waals surface area contributed by atoms with Crippen LogP contribution < -0.4 is 10.5 Å². The fraction of sp³-hybridized carbons (Fsp3) is 0.625. The average molecular weight is 358 g/mol. The van der Waals surface area contributed by atoms with Crippen molar-refractivity contribution in [3.05, 3.63) is 24.3 Å². The summed E-state index contributed by atoms with van der Waals surface area (Å²) in [7, 11) is -0.339. The number of sulfonamides is 1. The van der Waals surface area contributed by atoms with Crippen molar-refractivity contribution in [1.82, 2.24) is 4.31 Å². The summed E-state index contributed by atoms with van der Waals surface area (Å²) >= 11 is 0. The zero-order valence-corrected chi connectivity index (χ0v) is 15.0. The van der Waals surface area contributed by atoms with Gasteiger partial charge >= 0.3 is 0 Å². The maximum absolute atomic E-state index is 12.9. The first-order chi connectivity index (χ1) is 11.5. The first kappa shape index (κ1) is 19.1. The van der Waals surface area contributed by atoms with E-state index >= 15 is 0 Å².